The van der Waals surface area contributed by atoms with Gasteiger partial charge in [-0.25, -0.2) is 4.98 Å². The van der Waals surface area contributed by atoms with Gasteiger partial charge in [0.25, 0.3) is 0 Å². The van der Waals surface area contributed by atoms with Gasteiger partial charge in [-0.15, -0.1) is 0 Å². The molecule has 168 valence electrons. The van der Waals surface area contributed by atoms with Crippen molar-refractivity contribution in [2.75, 3.05) is 19.6 Å². The number of alkyl halides is 3. The smallest absolute Gasteiger partial charge is 0.290 e. The third-order valence-corrected chi connectivity index (χ3v) is 5.73. The average Bonchev–Trinajstić information content (AvgIpc) is 3.40. The van der Waals surface area contributed by atoms with Gasteiger partial charge in [0.1, 0.15) is 22.6 Å². The number of aromatic amines is 1. The Bertz CT molecular complexity index is 1360. The Balaban J connectivity index is 1.53. The Labute approximate surface area is 186 Å². The van der Waals surface area contributed by atoms with Gasteiger partial charge in [-0.05, 0) is 37.3 Å². The summed E-state index contributed by atoms with van der Waals surface area (Å²) >= 11 is 0. The highest BCUT2D eigenvalue weighted by atomic mass is 19.4. The minimum Gasteiger partial charge on any atom is -0.290 e. The summed E-state index contributed by atoms with van der Waals surface area (Å²) in [6.45, 7) is 1.10. The van der Waals surface area contributed by atoms with Crippen LogP contribution in [0.1, 0.15) is 12.1 Å². The van der Waals surface area contributed by atoms with Crippen LogP contribution >= 0.6 is 0 Å². The standard InChI is InChI=1S/C22H19F3N8/c1-14-9-19(30-29-14)18-10-17-15(3-2-7-27-17)20(28-18)16-4-8-33(31-16)21(5-6-26)11-32(12-21)13-22(23,24)25/h2-4,7-10H,5,11-13H2,1H3,(H,29,30). The topological polar surface area (TPSA) is 99.3 Å². The zero-order valence-corrected chi connectivity index (χ0v) is 17.6. The first kappa shape index (κ1) is 21.1. The summed E-state index contributed by atoms with van der Waals surface area (Å²) in [4.78, 5) is 10.5. The van der Waals surface area contributed by atoms with Gasteiger partial charge < -0.3 is 0 Å². The van der Waals surface area contributed by atoms with E-state index < -0.39 is 18.3 Å². The zero-order valence-electron chi connectivity index (χ0n) is 17.6. The van der Waals surface area contributed by atoms with Gasteiger partial charge in [-0.1, -0.05) is 0 Å². The first-order chi connectivity index (χ1) is 15.8. The van der Waals surface area contributed by atoms with Crippen LogP contribution in [-0.2, 0) is 5.54 Å². The molecule has 5 heterocycles. The molecule has 1 aliphatic heterocycles. The van der Waals surface area contributed by atoms with Crippen molar-refractivity contribution >= 4 is 10.9 Å². The van der Waals surface area contributed by atoms with E-state index in [1.807, 2.05) is 25.1 Å². The lowest BCUT2D eigenvalue weighted by Gasteiger charge is -2.49. The van der Waals surface area contributed by atoms with Crippen LogP contribution in [0.2, 0.25) is 0 Å². The Morgan fingerprint density at radius 3 is 2.70 bits per heavy atom. The first-order valence-corrected chi connectivity index (χ1v) is 10.3. The largest absolute Gasteiger partial charge is 0.401 e. The number of nitriles is 1. The van der Waals surface area contributed by atoms with Crippen LogP contribution < -0.4 is 0 Å². The fourth-order valence-corrected chi connectivity index (χ4v) is 4.30. The molecule has 4 aromatic heterocycles. The van der Waals surface area contributed by atoms with Crippen molar-refractivity contribution in [1.82, 2.24) is 34.8 Å². The van der Waals surface area contributed by atoms with Gasteiger partial charge in [0.2, 0.25) is 0 Å². The Morgan fingerprint density at radius 1 is 1.18 bits per heavy atom. The summed E-state index contributed by atoms with van der Waals surface area (Å²) in [6.07, 6.45) is -0.831. The molecule has 33 heavy (non-hydrogen) atoms. The molecule has 11 heteroatoms. The van der Waals surface area contributed by atoms with E-state index in [1.54, 1.807) is 29.2 Å². The molecule has 0 atom stereocenters. The highest BCUT2D eigenvalue weighted by Crippen LogP contribution is 2.36. The van der Waals surface area contributed by atoms with Gasteiger partial charge in [-0.2, -0.15) is 28.6 Å². The van der Waals surface area contributed by atoms with Crippen LogP contribution in [0.3, 0.4) is 0 Å². The molecule has 1 N–H and O–H groups in total. The van der Waals surface area contributed by atoms with Gasteiger partial charge >= 0.3 is 6.18 Å². The second-order valence-corrected chi connectivity index (χ2v) is 8.33. The average molecular weight is 452 g/mol. The second-order valence-electron chi connectivity index (χ2n) is 8.33. The molecule has 0 saturated carbocycles. The minimum absolute atomic E-state index is 0.0603. The van der Waals surface area contributed by atoms with E-state index in [0.29, 0.717) is 22.8 Å². The van der Waals surface area contributed by atoms with Crippen molar-refractivity contribution < 1.29 is 13.2 Å². The van der Waals surface area contributed by atoms with Gasteiger partial charge in [0, 0.05) is 36.6 Å². The van der Waals surface area contributed by atoms with Crippen LogP contribution in [-0.4, -0.2) is 60.7 Å². The lowest BCUT2D eigenvalue weighted by Crippen LogP contribution is -2.64. The first-order valence-electron chi connectivity index (χ1n) is 10.3. The summed E-state index contributed by atoms with van der Waals surface area (Å²) in [7, 11) is 0. The quantitative estimate of drug-likeness (QED) is 0.496. The second kappa shape index (κ2) is 7.67. The highest BCUT2D eigenvalue weighted by Gasteiger charge is 2.48. The number of nitrogens with one attached hydrogen (secondary N) is 1. The SMILES string of the molecule is Cc1cc(-c2cc3ncccc3c(-c3ccn(C4(CC#N)CN(CC(F)(F)F)C4)n3)n2)n[nH]1. The number of aryl methyl sites for hydroxylation is 1. The monoisotopic (exact) mass is 452 g/mol. The Morgan fingerprint density at radius 2 is 2.00 bits per heavy atom. The number of hydrogen-bond donors (Lipinski definition) is 1. The lowest BCUT2D eigenvalue weighted by atomic mass is 9.87. The number of aromatic nitrogens is 6. The molecule has 0 bridgehead atoms. The number of fused-ring (bicyclic) bond motifs is 1. The van der Waals surface area contributed by atoms with Gasteiger partial charge in [0.15, 0.2) is 0 Å². The van der Waals surface area contributed by atoms with Crippen molar-refractivity contribution in [3.8, 4) is 28.8 Å². The van der Waals surface area contributed by atoms with Crippen LogP contribution in [0, 0.1) is 18.3 Å². The van der Waals surface area contributed by atoms with Crippen molar-refractivity contribution in [2.24, 2.45) is 0 Å². The van der Waals surface area contributed by atoms with Gasteiger partial charge in [0.05, 0.1) is 30.2 Å². The predicted molar refractivity (Wildman–Crippen MR) is 114 cm³/mol. The van der Waals surface area contributed by atoms with E-state index in [0.717, 1.165) is 16.6 Å². The third kappa shape index (κ3) is 3.93. The maximum absolute atomic E-state index is 12.8. The van der Waals surface area contributed by atoms with Crippen molar-refractivity contribution in [3.05, 3.63) is 48.4 Å². The molecular formula is C22H19F3N8. The Kier molecular flexibility index (Phi) is 4.90. The highest BCUT2D eigenvalue weighted by molar-refractivity contribution is 5.93. The molecule has 1 fully saturated rings. The van der Waals surface area contributed by atoms with Gasteiger partial charge in [-0.3, -0.25) is 19.7 Å². The normalized spacial score (nSPS) is 16.0. The molecule has 0 aromatic carbocycles. The number of pyridine rings is 2. The minimum atomic E-state index is -4.28. The van der Waals surface area contributed by atoms with E-state index in [-0.39, 0.29) is 19.5 Å². The summed E-state index contributed by atoms with van der Waals surface area (Å²) in [5, 5.41) is 21.9. The van der Waals surface area contributed by atoms with Crippen LogP contribution in [0.15, 0.2) is 42.7 Å². The molecule has 5 rings (SSSR count). The molecule has 8 nitrogen and oxygen atoms in total. The molecule has 0 radical (unpaired) electrons. The third-order valence-electron chi connectivity index (χ3n) is 5.73. The fourth-order valence-electron chi connectivity index (χ4n) is 4.30. The molecular weight excluding hydrogens is 433 g/mol. The lowest BCUT2D eigenvalue weighted by molar-refractivity contribution is -0.167. The summed E-state index contributed by atoms with van der Waals surface area (Å²) in [6, 6.07) is 11.3. The molecule has 1 saturated heterocycles. The van der Waals surface area contributed by atoms with Crippen LogP contribution in [0.4, 0.5) is 13.2 Å². The maximum Gasteiger partial charge on any atom is 0.401 e. The van der Waals surface area contributed by atoms with E-state index in [9.17, 15) is 18.4 Å². The molecule has 0 aliphatic carbocycles. The van der Waals surface area contributed by atoms with Crippen molar-refractivity contribution in [3.63, 3.8) is 0 Å². The van der Waals surface area contributed by atoms with E-state index in [1.165, 1.54) is 4.90 Å². The number of nitrogens with zero attached hydrogens (tertiary/aromatic N) is 7. The van der Waals surface area contributed by atoms with Crippen molar-refractivity contribution in [1.29, 1.82) is 5.26 Å². The molecule has 4 aromatic rings. The van der Waals surface area contributed by atoms with E-state index >= 15 is 0 Å². The maximum atomic E-state index is 12.8. The summed E-state index contributed by atoms with van der Waals surface area (Å²) < 4.78 is 39.9. The number of halogens is 3. The molecule has 0 spiro atoms. The number of hydrogen-bond acceptors (Lipinski definition) is 6. The van der Waals surface area contributed by atoms with Crippen LogP contribution in [0.25, 0.3) is 33.7 Å². The molecule has 1 aliphatic rings. The van der Waals surface area contributed by atoms with Crippen molar-refractivity contribution in [2.45, 2.75) is 25.1 Å². The summed E-state index contributed by atoms with van der Waals surface area (Å²) in [5.41, 5.74) is 3.25. The predicted octanol–water partition coefficient (Wildman–Crippen LogP) is 3.68. The molecule has 0 amide bonds. The van der Waals surface area contributed by atoms with E-state index in [4.69, 9.17) is 4.98 Å². The summed E-state index contributed by atoms with van der Waals surface area (Å²) in [5.74, 6) is 0. The number of rotatable bonds is 5. The molecule has 0 unspecified atom stereocenters. The Hall–Kier alpha value is -3.78. The number of H-pyrrole nitrogens is 1. The fraction of sp³-hybridized carbons (Fsp3) is 0.318. The van der Waals surface area contributed by atoms with Crippen LogP contribution in [0.5, 0.6) is 0 Å². The number of likely N-dealkylation sites (tertiary alicyclic amines) is 1. The van der Waals surface area contributed by atoms with E-state index in [2.05, 4.69) is 26.3 Å². The zero-order chi connectivity index (χ0) is 23.2.